The van der Waals surface area contributed by atoms with Crippen LogP contribution in [0.25, 0.3) is 21.9 Å². The maximum atomic E-state index is 12.8. The molecule has 0 bridgehead atoms. The Morgan fingerprint density at radius 2 is 2.07 bits per heavy atom. The number of nitrogens with zero attached hydrogens (tertiary/aromatic N) is 2. The number of fused-ring (bicyclic) bond motifs is 1. The molecule has 0 aliphatic heterocycles. The first-order chi connectivity index (χ1) is 12.7. The highest BCUT2D eigenvalue weighted by Gasteiger charge is 2.30. The van der Waals surface area contributed by atoms with Crippen molar-refractivity contribution in [1.29, 1.82) is 5.26 Å². The van der Waals surface area contributed by atoms with E-state index in [2.05, 4.69) is 4.98 Å². The van der Waals surface area contributed by atoms with Crippen LogP contribution in [0.1, 0.15) is 16.1 Å². The van der Waals surface area contributed by atoms with Gasteiger partial charge in [0.1, 0.15) is 11.1 Å². The lowest BCUT2D eigenvalue weighted by Crippen LogP contribution is -2.03. The first-order valence-corrected chi connectivity index (χ1v) is 8.59. The van der Waals surface area contributed by atoms with Crippen LogP contribution in [0.5, 0.6) is 11.5 Å². The number of aromatic hydroxyl groups is 1. The van der Waals surface area contributed by atoms with Gasteiger partial charge in [-0.25, -0.2) is 4.98 Å². The highest BCUT2D eigenvalue weighted by atomic mass is 35.5. The van der Waals surface area contributed by atoms with E-state index in [1.54, 1.807) is 0 Å². The second-order valence-corrected chi connectivity index (χ2v) is 6.86. The lowest BCUT2D eigenvalue weighted by Gasteiger charge is -2.06. The average molecular weight is 411 g/mol. The number of phenols is 1. The standard InChI is InChI=1S/C18H10ClF3N2O2S/c1-26-14-6-9(5-12(19)16(14)25)4-10(8-23)17-24-13-7-11(18(20,21)22)2-3-15(13)27-17/h2-7,25H,1H3/b10-4+. The zero-order valence-corrected chi connectivity index (χ0v) is 15.2. The number of thiazole rings is 1. The van der Waals surface area contributed by atoms with Crippen molar-refractivity contribution < 1.29 is 23.0 Å². The summed E-state index contributed by atoms with van der Waals surface area (Å²) in [6.45, 7) is 0. The highest BCUT2D eigenvalue weighted by Crippen LogP contribution is 2.37. The smallest absolute Gasteiger partial charge is 0.416 e. The summed E-state index contributed by atoms with van der Waals surface area (Å²) in [5.41, 5.74) is -0.0216. The molecule has 1 heterocycles. The Morgan fingerprint density at radius 1 is 1.33 bits per heavy atom. The molecular formula is C18H10ClF3N2O2S. The molecule has 0 unspecified atom stereocenters. The Hall–Kier alpha value is -2.76. The second kappa shape index (κ2) is 7.10. The van der Waals surface area contributed by atoms with Crippen molar-refractivity contribution in [3.8, 4) is 17.6 Å². The molecule has 0 atom stereocenters. The topological polar surface area (TPSA) is 66.1 Å². The first-order valence-electron chi connectivity index (χ1n) is 7.39. The lowest BCUT2D eigenvalue weighted by molar-refractivity contribution is -0.137. The molecule has 0 saturated carbocycles. The molecule has 0 aliphatic carbocycles. The fraction of sp³-hybridized carbons (Fsp3) is 0.111. The number of methoxy groups -OCH3 is 1. The number of nitriles is 1. The van der Waals surface area contributed by atoms with Crippen LogP contribution in [-0.2, 0) is 6.18 Å². The van der Waals surface area contributed by atoms with Crippen LogP contribution < -0.4 is 4.74 Å². The molecular weight excluding hydrogens is 401 g/mol. The Balaban J connectivity index is 2.07. The van der Waals surface area contributed by atoms with E-state index in [9.17, 15) is 23.5 Å². The molecule has 3 rings (SSSR count). The molecule has 0 spiro atoms. The summed E-state index contributed by atoms with van der Waals surface area (Å²) in [6.07, 6.45) is -3.00. The minimum Gasteiger partial charge on any atom is -0.503 e. The molecule has 0 saturated heterocycles. The van der Waals surface area contributed by atoms with E-state index in [1.807, 2.05) is 6.07 Å². The largest absolute Gasteiger partial charge is 0.503 e. The van der Waals surface area contributed by atoms with Crippen molar-refractivity contribution >= 4 is 44.8 Å². The molecule has 9 heteroatoms. The number of alkyl halides is 3. The number of allylic oxidation sites excluding steroid dienone is 1. The van der Waals surface area contributed by atoms with E-state index in [0.717, 1.165) is 23.5 Å². The molecule has 27 heavy (non-hydrogen) atoms. The number of rotatable bonds is 3. The minimum atomic E-state index is -4.47. The zero-order chi connectivity index (χ0) is 19.8. The van der Waals surface area contributed by atoms with E-state index in [-0.39, 0.29) is 32.6 Å². The Bertz CT molecular complexity index is 1100. The Labute approximate surface area is 160 Å². The van der Waals surface area contributed by atoms with E-state index in [4.69, 9.17) is 16.3 Å². The summed E-state index contributed by atoms with van der Waals surface area (Å²) in [5.74, 6) is -0.0975. The van der Waals surface area contributed by atoms with Crippen molar-refractivity contribution in [3.05, 3.63) is 51.5 Å². The lowest BCUT2D eigenvalue weighted by atomic mass is 10.1. The monoisotopic (exact) mass is 410 g/mol. The molecule has 0 amide bonds. The van der Waals surface area contributed by atoms with E-state index in [1.165, 1.54) is 31.4 Å². The van der Waals surface area contributed by atoms with Gasteiger partial charge < -0.3 is 9.84 Å². The Kier molecular flexibility index (Phi) is 5.00. The van der Waals surface area contributed by atoms with Crippen molar-refractivity contribution in [2.75, 3.05) is 7.11 Å². The SMILES string of the molecule is COc1cc(/C=C(\C#N)c2nc3cc(C(F)(F)F)ccc3s2)cc(Cl)c1O. The van der Waals surface area contributed by atoms with Crippen molar-refractivity contribution in [3.63, 3.8) is 0 Å². The van der Waals surface area contributed by atoms with Crippen LogP contribution >= 0.6 is 22.9 Å². The molecule has 0 radical (unpaired) electrons. The first kappa shape index (κ1) is 19.0. The van der Waals surface area contributed by atoms with Crippen LogP contribution in [0, 0.1) is 11.3 Å². The predicted molar refractivity (Wildman–Crippen MR) is 97.8 cm³/mol. The van der Waals surface area contributed by atoms with Crippen LogP contribution in [0.2, 0.25) is 5.02 Å². The summed E-state index contributed by atoms with van der Waals surface area (Å²) in [6, 6.07) is 8.15. The van der Waals surface area contributed by atoms with Gasteiger partial charge in [0, 0.05) is 0 Å². The van der Waals surface area contributed by atoms with Crippen molar-refractivity contribution in [1.82, 2.24) is 4.98 Å². The van der Waals surface area contributed by atoms with Gasteiger partial charge in [0.15, 0.2) is 11.5 Å². The minimum absolute atomic E-state index is 0.0389. The van der Waals surface area contributed by atoms with Gasteiger partial charge >= 0.3 is 6.18 Å². The number of halogens is 4. The van der Waals surface area contributed by atoms with Gasteiger partial charge in [-0.15, -0.1) is 11.3 Å². The van der Waals surface area contributed by atoms with Crippen molar-refractivity contribution in [2.45, 2.75) is 6.18 Å². The molecule has 1 aromatic heterocycles. The fourth-order valence-corrected chi connectivity index (χ4v) is 3.49. The van der Waals surface area contributed by atoms with Gasteiger partial charge in [-0.2, -0.15) is 18.4 Å². The Morgan fingerprint density at radius 3 is 2.70 bits per heavy atom. The van der Waals surface area contributed by atoms with Gasteiger partial charge in [-0.1, -0.05) is 11.6 Å². The maximum Gasteiger partial charge on any atom is 0.416 e. The van der Waals surface area contributed by atoms with Crippen LogP contribution in [0.15, 0.2) is 30.3 Å². The van der Waals surface area contributed by atoms with Gasteiger partial charge in [0.05, 0.1) is 33.5 Å². The van der Waals surface area contributed by atoms with E-state index < -0.39 is 11.7 Å². The summed E-state index contributed by atoms with van der Waals surface area (Å²) >= 11 is 7.04. The summed E-state index contributed by atoms with van der Waals surface area (Å²) in [4.78, 5) is 4.15. The van der Waals surface area contributed by atoms with Gasteiger partial charge in [0.2, 0.25) is 0 Å². The molecule has 138 valence electrons. The zero-order valence-electron chi connectivity index (χ0n) is 13.6. The molecule has 0 fully saturated rings. The summed E-state index contributed by atoms with van der Waals surface area (Å²) < 4.78 is 44.1. The van der Waals surface area contributed by atoms with E-state index in [0.29, 0.717) is 10.3 Å². The third kappa shape index (κ3) is 3.84. The van der Waals surface area contributed by atoms with Gasteiger partial charge in [-0.3, -0.25) is 0 Å². The summed E-state index contributed by atoms with van der Waals surface area (Å²) in [5, 5.41) is 19.5. The predicted octanol–water partition coefficient (Wildman–Crippen LogP) is 5.75. The number of aromatic nitrogens is 1. The third-order valence-electron chi connectivity index (χ3n) is 3.65. The number of phenolic OH excluding ortho intramolecular Hbond substituents is 1. The number of hydrogen-bond donors (Lipinski definition) is 1. The summed E-state index contributed by atoms with van der Waals surface area (Å²) in [7, 11) is 1.36. The molecule has 0 aliphatic rings. The van der Waals surface area contributed by atoms with E-state index >= 15 is 0 Å². The highest BCUT2D eigenvalue weighted by molar-refractivity contribution is 7.19. The second-order valence-electron chi connectivity index (χ2n) is 5.42. The molecule has 4 nitrogen and oxygen atoms in total. The molecule has 3 aromatic rings. The van der Waals surface area contributed by atoms with Gasteiger partial charge in [-0.05, 0) is 42.0 Å². The van der Waals surface area contributed by atoms with Crippen LogP contribution in [-0.4, -0.2) is 17.2 Å². The normalized spacial score (nSPS) is 12.2. The molecule has 1 N–H and O–H groups in total. The quantitative estimate of drug-likeness (QED) is 0.558. The number of benzene rings is 2. The van der Waals surface area contributed by atoms with Crippen LogP contribution in [0.4, 0.5) is 13.2 Å². The van der Waals surface area contributed by atoms with Crippen molar-refractivity contribution in [2.24, 2.45) is 0 Å². The van der Waals surface area contributed by atoms with Crippen LogP contribution in [0.3, 0.4) is 0 Å². The third-order valence-corrected chi connectivity index (χ3v) is 5.01. The molecule has 2 aromatic carbocycles. The van der Waals surface area contributed by atoms with Gasteiger partial charge in [0.25, 0.3) is 0 Å². The number of hydrogen-bond acceptors (Lipinski definition) is 5. The fourth-order valence-electron chi connectivity index (χ4n) is 2.36. The number of ether oxygens (including phenoxy) is 1. The maximum absolute atomic E-state index is 12.8. The average Bonchev–Trinajstić information content (AvgIpc) is 3.04.